The van der Waals surface area contributed by atoms with E-state index in [1.165, 1.54) is 0 Å². The van der Waals surface area contributed by atoms with Crippen molar-refractivity contribution in [3.63, 3.8) is 0 Å². The number of nitrogens with one attached hydrogen (secondary N) is 1. The lowest BCUT2D eigenvalue weighted by Crippen LogP contribution is -2.23. The lowest BCUT2D eigenvalue weighted by atomic mass is 10.1. The molecule has 4 nitrogen and oxygen atoms in total. The van der Waals surface area contributed by atoms with Crippen molar-refractivity contribution < 1.29 is 9.53 Å². The largest absolute Gasteiger partial charge is 0.497 e. The monoisotopic (exact) mass is 352 g/mol. The smallest absolute Gasteiger partial charge is 0.220 e. The summed E-state index contributed by atoms with van der Waals surface area (Å²) in [5.41, 5.74) is 4.17. The molecule has 0 aliphatic rings. The molecule has 0 saturated heterocycles. The molecule has 25 heavy (non-hydrogen) atoms. The van der Waals surface area contributed by atoms with Crippen LogP contribution in [0.2, 0.25) is 0 Å². The van der Waals surface area contributed by atoms with Crippen LogP contribution in [0.15, 0.2) is 59.4 Å². The Hall–Kier alpha value is -2.66. The van der Waals surface area contributed by atoms with Crippen LogP contribution in [0.1, 0.15) is 17.5 Å². The average molecular weight is 352 g/mol. The zero-order valence-electron chi connectivity index (χ0n) is 14.1. The van der Waals surface area contributed by atoms with Crippen molar-refractivity contribution in [3.05, 3.63) is 70.5 Å². The van der Waals surface area contributed by atoms with Crippen LogP contribution in [0.4, 0.5) is 0 Å². The minimum atomic E-state index is 0.0379. The summed E-state index contributed by atoms with van der Waals surface area (Å²) in [7, 11) is 1.64. The quantitative estimate of drug-likeness (QED) is 0.697. The maximum Gasteiger partial charge on any atom is 0.220 e. The summed E-state index contributed by atoms with van der Waals surface area (Å²) in [5.74, 6) is 0.863. The van der Waals surface area contributed by atoms with Gasteiger partial charge in [0, 0.05) is 30.1 Å². The fourth-order valence-corrected chi connectivity index (χ4v) is 3.21. The van der Waals surface area contributed by atoms with Gasteiger partial charge in [-0.25, -0.2) is 0 Å². The minimum absolute atomic E-state index is 0.0379. The van der Waals surface area contributed by atoms with Gasteiger partial charge in [0.1, 0.15) is 5.75 Å². The van der Waals surface area contributed by atoms with E-state index in [-0.39, 0.29) is 5.91 Å². The summed E-state index contributed by atoms with van der Waals surface area (Å²) < 4.78 is 5.14. The number of carbonyl (C=O) groups excluding carboxylic acids is 1. The predicted octanol–water partition coefficient (Wildman–Crippen LogP) is 4.07. The van der Waals surface area contributed by atoms with Crippen LogP contribution in [0.25, 0.3) is 11.3 Å². The highest BCUT2D eigenvalue weighted by atomic mass is 32.1. The summed E-state index contributed by atoms with van der Waals surface area (Å²) in [4.78, 5) is 16.6. The van der Waals surface area contributed by atoms with Crippen LogP contribution in [-0.2, 0) is 17.8 Å². The number of aryl methyl sites for hydroxylation is 1. The van der Waals surface area contributed by atoms with Crippen LogP contribution >= 0.6 is 11.3 Å². The number of carbonyl (C=O) groups is 1. The van der Waals surface area contributed by atoms with Gasteiger partial charge in [0.25, 0.3) is 0 Å². The van der Waals surface area contributed by atoms with E-state index in [4.69, 9.17) is 4.74 Å². The molecule has 0 saturated carbocycles. The molecule has 0 aliphatic carbocycles. The van der Waals surface area contributed by atoms with Crippen molar-refractivity contribution in [2.24, 2.45) is 0 Å². The fourth-order valence-electron chi connectivity index (χ4n) is 2.57. The molecule has 5 heteroatoms. The highest BCUT2D eigenvalue weighted by Gasteiger charge is 2.08. The molecule has 3 rings (SSSR count). The SMILES string of the molecule is COc1ccc(CCC(=O)NCc2cccnc2-c2ccsc2)cc1. The number of rotatable bonds is 7. The van der Waals surface area contributed by atoms with Crippen LogP contribution < -0.4 is 10.1 Å². The van der Waals surface area contributed by atoms with Gasteiger partial charge >= 0.3 is 0 Å². The first kappa shape index (κ1) is 17.2. The van der Waals surface area contributed by atoms with Crippen LogP contribution in [-0.4, -0.2) is 18.0 Å². The highest BCUT2D eigenvalue weighted by molar-refractivity contribution is 7.08. The van der Waals surface area contributed by atoms with Gasteiger partial charge in [0.05, 0.1) is 12.8 Å². The highest BCUT2D eigenvalue weighted by Crippen LogP contribution is 2.23. The Labute approximate surface area is 151 Å². The molecule has 0 aliphatic heterocycles. The molecule has 0 atom stereocenters. The lowest BCUT2D eigenvalue weighted by Gasteiger charge is -2.09. The number of hydrogen-bond donors (Lipinski definition) is 1. The van der Waals surface area contributed by atoms with E-state index in [1.54, 1.807) is 24.6 Å². The molecular weight excluding hydrogens is 332 g/mol. The Kier molecular flexibility index (Phi) is 5.80. The number of hydrogen-bond acceptors (Lipinski definition) is 4. The minimum Gasteiger partial charge on any atom is -0.497 e. The second-order valence-corrected chi connectivity index (χ2v) is 6.43. The topological polar surface area (TPSA) is 51.2 Å². The van der Waals surface area contributed by atoms with Gasteiger partial charge in [-0.05, 0) is 47.2 Å². The van der Waals surface area contributed by atoms with Crippen LogP contribution in [0.5, 0.6) is 5.75 Å². The van der Waals surface area contributed by atoms with E-state index in [0.29, 0.717) is 19.4 Å². The van der Waals surface area contributed by atoms with E-state index >= 15 is 0 Å². The molecule has 0 spiro atoms. The second kappa shape index (κ2) is 8.44. The molecule has 2 heterocycles. The van der Waals surface area contributed by atoms with Gasteiger partial charge in [0.2, 0.25) is 5.91 Å². The first-order chi connectivity index (χ1) is 12.3. The van der Waals surface area contributed by atoms with Crippen LogP contribution in [0.3, 0.4) is 0 Å². The zero-order valence-corrected chi connectivity index (χ0v) is 14.9. The number of thiophene rings is 1. The Morgan fingerprint density at radius 2 is 2.04 bits per heavy atom. The number of aromatic nitrogens is 1. The van der Waals surface area contributed by atoms with E-state index in [2.05, 4.69) is 15.7 Å². The van der Waals surface area contributed by atoms with Crippen molar-refractivity contribution in [1.82, 2.24) is 10.3 Å². The van der Waals surface area contributed by atoms with E-state index in [1.807, 2.05) is 47.8 Å². The first-order valence-corrected chi connectivity index (χ1v) is 9.06. The lowest BCUT2D eigenvalue weighted by molar-refractivity contribution is -0.121. The number of pyridine rings is 1. The molecule has 128 valence electrons. The molecular formula is C20H20N2O2S. The zero-order chi connectivity index (χ0) is 17.5. The van der Waals surface area contributed by atoms with Crippen molar-refractivity contribution in [1.29, 1.82) is 0 Å². The Morgan fingerprint density at radius 1 is 1.20 bits per heavy atom. The first-order valence-electron chi connectivity index (χ1n) is 8.12. The van der Waals surface area contributed by atoms with Gasteiger partial charge in [-0.15, -0.1) is 0 Å². The van der Waals surface area contributed by atoms with E-state index in [9.17, 15) is 4.79 Å². The third-order valence-corrected chi connectivity index (χ3v) is 4.64. The molecule has 2 aromatic heterocycles. The van der Waals surface area contributed by atoms with Crippen molar-refractivity contribution in [2.45, 2.75) is 19.4 Å². The molecule has 0 unspecified atom stereocenters. The fraction of sp³-hybridized carbons (Fsp3) is 0.200. The Balaban J connectivity index is 1.54. The number of nitrogens with zero attached hydrogens (tertiary/aromatic N) is 1. The molecule has 0 bridgehead atoms. The van der Waals surface area contributed by atoms with Gasteiger partial charge < -0.3 is 10.1 Å². The van der Waals surface area contributed by atoms with Gasteiger partial charge in [-0.3, -0.25) is 9.78 Å². The molecule has 0 fully saturated rings. The number of benzene rings is 1. The average Bonchev–Trinajstić information content (AvgIpc) is 3.20. The normalized spacial score (nSPS) is 10.4. The number of amides is 1. The summed E-state index contributed by atoms with van der Waals surface area (Å²) in [5, 5.41) is 7.09. The summed E-state index contributed by atoms with van der Waals surface area (Å²) in [6.07, 6.45) is 2.95. The summed E-state index contributed by atoms with van der Waals surface area (Å²) in [6.45, 7) is 0.487. The molecule has 1 aromatic carbocycles. The maximum absolute atomic E-state index is 12.2. The standard InChI is InChI=1S/C20H20N2O2S/c1-24-18-7-4-15(5-8-18)6-9-19(23)22-13-16-3-2-11-21-20(16)17-10-12-25-14-17/h2-5,7-8,10-12,14H,6,9,13H2,1H3,(H,22,23). The number of methoxy groups -OCH3 is 1. The van der Waals surface area contributed by atoms with Crippen molar-refractivity contribution >= 4 is 17.2 Å². The van der Waals surface area contributed by atoms with E-state index in [0.717, 1.165) is 28.1 Å². The second-order valence-electron chi connectivity index (χ2n) is 5.65. The molecule has 0 radical (unpaired) electrons. The van der Waals surface area contributed by atoms with Crippen molar-refractivity contribution in [2.75, 3.05) is 7.11 Å². The van der Waals surface area contributed by atoms with Crippen LogP contribution in [0, 0.1) is 0 Å². The summed E-state index contributed by atoms with van der Waals surface area (Å²) >= 11 is 1.64. The molecule has 1 N–H and O–H groups in total. The number of ether oxygens (including phenoxy) is 1. The van der Waals surface area contributed by atoms with Gasteiger partial charge in [0.15, 0.2) is 0 Å². The predicted molar refractivity (Wildman–Crippen MR) is 101 cm³/mol. The third kappa shape index (κ3) is 4.67. The van der Waals surface area contributed by atoms with Crippen molar-refractivity contribution in [3.8, 4) is 17.0 Å². The Morgan fingerprint density at radius 3 is 2.76 bits per heavy atom. The molecule has 3 aromatic rings. The van der Waals surface area contributed by atoms with E-state index < -0.39 is 0 Å². The van der Waals surface area contributed by atoms with Gasteiger partial charge in [-0.1, -0.05) is 18.2 Å². The van der Waals surface area contributed by atoms with Gasteiger partial charge in [-0.2, -0.15) is 11.3 Å². The third-order valence-electron chi connectivity index (χ3n) is 3.96. The molecule has 1 amide bonds. The Bertz CT molecular complexity index is 814. The summed E-state index contributed by atoms with van der Waals surface area (Å²) in [6, 6.07) is 13.7. The maximum atomic E-state index is 12.2.